The topological polar surface area (TPSA) is 38.3 Å². The molecule has 0 amide bonds. The van der Waals surface area contributed by atoms with Crippen LogP contribution >= 0.6 is 0 Å². The Morgan fingerprint density at radius 1 is 1.14 bits per heavy atom. The van der Waals surface area contributed by atoms with Gasteiger partial charge in [0.15, 0.2) is 5.78 Å². The molecule has 22 heavy (non-hydrogen) atoms. The van der Waals surface area contributed by atoms with E-state index in [1.165, 1.54) is 0 Å². The van der Waals surface area contributed by atoms with E-state index in [0.29, 0.717) is 0 Å². The average molecular weight is 320 g/mol. The third kappa shape index (κ3) is 3.99. The Labute approximate surface area is 135 Å². The summed E-state index contributed by atoms with van der Waals surface area (Å²) >= 11 is 0. The molecule has 1 aromatic rings. The van der Waals surface area contributed by atoms with E-state index in [2.05, 4.69) is 39.2 Å². The zero-order chi connectivity index (χ0) is 16.4. The van der Waals surface area contributed by atoms with E-state index in [-0.39, 0.29) is 16.7 Å². The van der Waals surface area contributed by atoms with Crippen LogP contribution in [0, 0.1) is 5.92 Å². The summed E-state index contributed by atoms with van der Waals surface area (Å²) in [5.41, 5.74) is 0.814. The van der Waals surface area contributed by atoms with Crippen LogP contribution < -0.4 is 9.74 Å². The zero-order valence-electron chi connectivity index (χ0n) is 14.5. The number of Topliss-reactive ketones (excluding diaryl/α,β-unsaturated/α-hetero) is 1. The van der Waals surface area contributed by atoms with Gasteiger partial charge in [-0.3, -0.25) is 4.79 Å². The Morgan fingerprint density at radius 3 is 2.18 bits per heavy atom. The van der Waals surface area contributed by atoms with Crippen molar-refractivity contribution in [1.82, 2.24) is 5.32 Å². The first kappa shape index (κ1) is 17.2. The van der Waals surface area contributed by atoms with Crippen LogP contribution in [0.4, 0.5) is 0 Å². The molecule has 0 bridgehead atoms. The standard InChI is InChI=1S/C18H29NO2Si/c1-18(2,3)22(4,5)21-16-8-6-14(7-9-16)17(20)15-10-12-19-13-11-15/h6-9,15,19H,10-13H2,1-5H3. The predicted octanol–water partition coefficient (Wildman–Crippen LogP) is 4.25. The van der Waals surface area contributed by atoms with E-state index in [9.17, 15) is 4.79 Å². The maximum atomic E-state index is 12.5. The van der Waals surface area contributed by atoms with Crippen molar-refractivity contribution >= 4 is 14.1 Å². The first-order valence-electron chi connectivity index (χ1n) is 8.25. The van der Waals surface area contributed by atoms with Gasteiger partial charge < -0.3 is 9.74 Å². The lowest BCUT2D eigenvalue weighted by Crippen LogP contribution is -2.43. The summed E-state index contributed by atoms with van der Waals surface area (Å²) in [5, 5.41) is 3.48. The summed E-state index contributed by atoms with van der Waals surface area (Å²) in [6.07, 6.45) is 1.89. The molecule has 122 valence electrons. The van der Waals surface area contributed by atoms with Crippen molar-refractivity contribution in [2.45, 2.75) is 51.7 Å². The number of ketones is 1. The van der Waals surface area contributed by atoms with Crippen LogP contribution in [0.1, 0.15) is 44.0 Å². The van der Waals surface area contributed by atoms with Crippen molar-refractivity contribution in [3.63, 3.8) is 0 Å². The monoisotopic (exact) mass is 319 g/mol. The second kappa shape index (κ2) is 6.55. The minimum atomic E-state index is -1.82. The molecule has 0 radical (unpaired) electrons. The Hall–Kier alpha value is -1.13. The first-order valence-corrected chi connectivity index (χ1v) is 11.2. The molecular weight excluding hydrogens is 290 g/mol. The maximum Gasteiger partial charge on any atom is 0.250 e. The molecule has 1 aromatic carbocycles. The van der Waals surface area contributed by atoms with Gasteiger partial charge in [0.05, 0.1) is 0 Å². The Kier molecular flexibility index (Phi) is 5.13. The number of hydrogen-bond donors (Lipinski definition) is 1. The summed E-state index contributed by atoms with van der Waals surface area (Å²) in [4.78, 5) is 12.5. The van der Waals surface area contributed by atoms with E-state index < -0.39 is 8.32 Å². The molecule has 0 unspecified atom stereocenters. The molecule has 3 nitrogen and oxygen atoms in total. The van der Waals surface area contributed by atoms with Gasteiger partial charge in [0.1, 0.15) is 5.75 Å². The van der Waals surface area contributed by atoms with E-state index >= 15 is 0 Å². The summed E-state index contributed by atoms with van der Waals surface area (Å²) < 4.78 is 6.26. The summed E-state index contributed by atoms with van der Waals surface area (Å²) in [6.45, 7) is 13.1. The highest BCUT2D eigenvalue weighted by Gasteiger charge is 2.38. The maximum absolute atomic E-state index is 12.5. The number of benzene rings is 1. The lowest BCUT2D eigenvalue weighted by Gasteiger charge is -2.36. The first-order chi connectivity index (χ1) is 10.2. The van der Waals surface area contributed by atoms with Crippen molar-refractivity contribution in [2.75, 3.05) is 13.1 Å². The Bertz CT molecular complexity index is 511. The van der Waals surface area contributed by atoms with Gasteiger partial charge in [-0.25, -0.2) is 0 Å². The summed E-state index contributed by atoms with van der Waals surface area (Å²) in [5.74, 6) is 1.34. The lowest BCUT2D eigenvalue weighted by molar-refractivity contribution is 0.0895. The SMILES string of the molecule is CC(C)(C)[Si](C)(C)Oc1ccc(C(=O)C2CCNCC2)cc1. The second-order valence-corrected chi connectivity index (χ2v) is 12.5. The molecule has 0 aliphatic carbocycles. The number of rotatable bonds is 4. The quantitative estimate of drug-likeness (QED) is 0.666. The lowest BCUT2D eigenvalue weighted by atomic mass is 9.90. The van der Waals surface area contributed by atoms with Crippen molar-refractivity contribution in [2.24, 2.45) is 5.92 Å². The van der Waals surface area contributed by atoms with Crippen LogP contribution in [-0.4, -0.2) is 27.2 Å². The molecule has 1 aliphatic heterocycles. The molecule has 1 heterocycles. The Balaban J connectivity index is 2.05. The molecule has 0 spiro atoms. The zero-order valence-corrected chi connectivity index (χ0v) is 15.5. The fourth-order valence-electron chi connectivity index (χ4n) is 2.45. The second-order valence-electron chi connectivity index (χ2n) is 7.78. The van der Waals surface area contributed by atoms with Gasteiger partial charge in [-0.15, -0.1) is 0 Å². The molecule has 1 fully saturated rings. The third-order valence-corrected chi connectivity index (χ3v) is 9.39. The highest BCUT2D eigenvalue weighted by atomic mass is 28.4. The highest BCUT2D eigenvalue weighted by molar-refractivity contribution is 6.74. The fraction of sp³-hybridized carbons (Fsp3) is 0.611. The molecule has 1 aliphatic rings. The fourth-order valence-corrected chi connectivity index (χ4v) is 3.49. The van der Waals surface area contributed by atoms with E-state index in [0.717, 1.165) is 37.2 Å². The van der Waals surface area contributed by atoms with Crippen LogP contribution in [0.15, 0.2) is 24.3 Å². The van der Waals surface area contributed by atoms with E-state index in [4.69, 9.17) is 4.43 Å². The molecule has 0 saturated carbocycles. The van der Waals surface area contributed by atoms with Gasteiger partial charge in [-0.2, -0.15) is 0 Å². The summed E-state index contributed by atoms with van der Waals surface area (Å²) in [7, 11) is -1.82. The number of carbonyl (C=O) groups is 1. The minimum Gasteiger partial charge on any atom is -0.544 e. The van der Waals surface area contributed by atoms with E-state index in [1.54, 1.807) is 0 Å². The van der Waals surface area contributed by atoms with Crippen LogP contribution in [0.2, 0.25) is 18.1 Å². The molecule has 0 atom stereocenters. The van der Waals surface area contributed by atoms with Crippen molar-refractivity contribution < 1.29 is 9.22 Å². The van der Waals surface area contributed by atoms with Gasteiger partial charge in [-0.05, 0) is 68.3 Å². The Morgan fingerprint density at radius 2 is 1.68 bits per heavy atom. The average Bonchev–Trinajstić information content (AvgIpc) is 2.47. The predicted molar refractivity (Wildman–Crippen MR) is 94.2 cm³/mol. The molecule has 1 N–H and O–H groups in total. The normalized spacial score (nSPS) is 17.3. The molecule has 1 saturated heterocycles. The third-order valence-electron chi connectivity index (χ3n) is 5.03. The summed E-state index contributed by atoms with van der Waals surface area (Å²) in [6, 6.07) is 7.75. The van der Waals surface area contributed by atoms with Crippen LogP contribution in [0.3, 0.4) is 0 Å². The van der Waals surface area contributed by atoms with E-state index in [1.807, 2.05) is 24.3 Å². The molecule has 2 rings (SSSR count). The van der Waals surface area contributed by atoms with Gasteiger partial charge in [-0.1, -0.05) is 20.8 Å². The molecule has 4 heteroatoms. The van der Waals surface area contributed by atoms with Gasteiger partial charge in [0, 0.05) is 11.5 Å². The number of nitrogens with one attached hydrogen (secondary N) is 1. The van der Waals surface area contributed by atoms with Crippen LogP contribution in [0.5, 0.6) is 5.75 Å². The van der Waals surface area contributed by atoms with Crippen molar-refractivity contribution in [3.05, 3.63) is 29.8 Å². The van der Waals surface area contributed by atoms with Crippen LogP contribution in [0.25, 0.3) is 0 Å². The van der Waals surface area contributed by atoms with Crippen LogP contribution in [-0.2, 0) is 0 Å². The largest absolute Gasteiger partial charge is 0.544 e. The van der Waals surface area contributed by atoms with Gasteiger partial charge in [0.2, 0.25) is 8.32 Å². The van der Waals surface area contributed by atoms with Crippen molar-refractivity contribution in [3.8, 4) is 5.75 Å². The van der Waals surface area contributed by atoms with Crippen molar-refractivity contribution in [1.29, 1.82) is 0 Å². The molecular formula is C18H29NO2Si. The van der Waals surface area contributed by atoms with Gasteiger partial charge in [0.25, 0.3) is 0 Å². The molecule has 0 aromatic heterocycles. The smallest absolute Gasteiger partial charge is 0.250 e. The highest BCUT2D eigenvalue weighted by Crippen LogP contribution is 2.37. The number of hydrogen-bond acceptors (Lipinski definition) is 3. The number of carbonyl (C=O) groups excluding carboxylic acids is 1. The van der Waals surface area contributed by atoms with Gasteiger partial charge >= 0.3 is 0 Å². The number of piperidine rings is 1. The minimum absolute atomic E-state index is 0.174.